The first-order valence-electron chi connectivity index (χ1n) is 7.16. The van der Waals surface area contributed by atoms with Crippen molar-refractivity contribution >= 4 is 5.69 Å². The van der Waals surface area contributed by atoms with E-state index in [4.69, 9.17) is 5.73 Å². The fourth-order valence-corrected chi connectivity index (χ4v) is 2.37. The summed E-state index contributed by atoms with van der Waals surface area (Å²) >= 11 is 0. The molecule has 3 heteroatoms. The number of hydrogen-bond acceptors (Lipinski definition) is 3. The molecule has 0 saturated carbocycles. The van der Waals surface area contributed by atoms with Gasteiger partial charge in [-0.2, -0.15) is 5.26 Å². The van der Waals surface area contributed by atoms with Crippen molar-refractivity contribution in [2.75, 3.05) is 18.0 Å². The van der Waals surface area contributed by atoms with Crippen LogP contribution in [0.3, 0.4) is 0 Å². The molecule has 2 aromatic carbocycles. The minimum Gasteiger partial charge on any atom is -0.369 e. The fraction of sp³-hybridized carbons (Fsp3) is 0.278. The smallest absolute Gasteiger partial charge is 0.147 e. The van der Waals surface area contributed by atoms with Gasteiger partial charge < -0.3 is 10.6 Å². The molecule has 3 nitrogen and oxygen atoms in total. The van der Waals surface area contributed by atoms with E-state index in [1.54, 1.807) is 0 Å². The van der Waals surface area contributed by atoms with Crippen LogP contribution < -0.4 is 10.6 Å². The standard InChI is InChI=1S/C18H21N3/c1-3-21(17-11-9-15(2)10-12-17)14-18(20,13-19)16-7-5-4-6-8-16/h4-12H,3,14,20H2,1-2H3. The van der Waals surface area contributed by atoms with Crippen molar-refractivity contribution in [2.24, 2.45) is 5.73 Å². The van der Waals surface area contributed by atoms with Crippen molar-refractivity contribution in [3.05, 3.63) is 65.7 Å². The lowest BCUT2D eigenvalue weighted by Gasteiger charge is -2.31. The van der Waals surface area contributed by atoms with Gasteiger partial charge in [-0.05, 0) is 31.5 Å². The molecule has 0 radical (unpaired) electrons. The molecule has 0 heterocycles. The van der Waals surface area contributed by atoms with E-state index < -0.39 is 5.54 Å². The molecule has 21 heavy (non-hydrogen) atoms. The highest BCUT2D eigenvalue weighted by atomic mass is 15.1. The molecule has 0 amide bonds. The van der Waals surface area contributed by atoms with E-state index in [2.05, 4.69) is 49.1 Å². The van der Waals surface area contributed by atoms with Crippen LogP contribution in [0, 0.1) is 18.3 Å². The first-order valence-corrected chi connectivity index (χ1v) is 7.16. The van der Waals surface area contributed by atoms with Crippen molar-refractivity contribution < 1.29 is 0 Å². The second kappa shape index (κ2) is 6.43. The number of nitrogens with zero attached hydrogens (tertiary/aromatic N) is 2. The van der Waals surface area contributed by atoms with Crippen LogP contribution in [0.4, 0.5) is 5.69 Å². The van der Waals surface area contributed by atoms with Gasteiger partial charge in [-0.3, -0.25) is 0 Å². The van der Waals surface area contributed by atoms with Gasteiger partial charge in [-0.15, -0.1) is 0 Å². The Kier molecular flexibility index (Phi) is 4.62. The molecule has 0 fully saturated rings. The van der Waals surface area contributed by atoms with Gasteiger partial charge in [-0.25, -0.2) is 0 Å². The van der Waals surface area contributed by atoms with Gasteiger partial charge in [0.2, 0.25) is 0 Å². The molecule has 1 unspecified atom stereocenters. The van der Waals surface area contributed by atoms with Gasteiger partial charge >= 0.3 is 0 Å². The lowest BCUT2D eigenvalue weighted by Crippen LogP contribution is -2.47. The van der Waals surface area contributed by atoms with Crippen LogP contribution in [0.2, 0.25) is 0 Å². The van der Waals surface area contributed by atoms with Crippen molar-refractivity contribution in [3.8, 4) is 6.07 Å². The van der Waals surface area contributed by atoms with Gasteiger partial charge in [-0.1, -0.05) is 48.0 Å². The van der Waals surface area contributed by atoms with E-state index in [0.717, 1.165) is 17.8 Å². The summed E-state index contributed by atoms with van der Waals surface area (Å²) < 4.78 is 0. The fourth-order valence-electron chi connectivity index (χ4n) is 2.37. The summed E-state index contributed by atoms with van der Waals surface area (Å²) in [6.45, 7) is 5.40. The van der Waals surface area contributed by atoms with E-state index >= 15 is 0 Å². The van der Waals surface area contributed by atoms with Gasteiger partial charge in [0, 0.05) is 12.2 Å². The van der Waals surface area contributed by atoms with Crippen molar-refractivity contribution in [1.82, 2.24) is 0 Å². The van der Waals surface area contributed by atoms with Crippen LogP contribution in [0.15, 0.2) is 54.6 Å². The van der Waals surface area contributed by atoms with Gasteiger partial charge in [0.05, 0.1) is 12.6 Å². The molecular weight excluding hydrogens is 258 g/mol. The minimum absolute atomic E-state index is 0.465. The lowest BCUT2D eigenvalue weighted by molar-refractivity contribution is 0.558. The Hall–Kier alpha value is -2.31. The Labute approximate surface area is 126 Å². The molecule has 0 bridgehead atoms. The third-order valence-electron chi connectivity index (χ3n) is 3.71. The average Bonchev–Trinajstić information content (AvgIpc) is 2.54. The minimum atomic E-state index is -1.01. The Morgan fingerprint density at radius 3 is 2.24 bits per heavy atom. The molecule has 2 N–H and O–H groups in total. The summed E-state index contributed by atoms with van der Waals surface area (Å²) in [7, 11) is 0. The molecule has 108 valence electrons. The number of aryl methyl sites for hydroxylation is 1. The van der Waals surface area contributed by atoms with Crippen LogP contribution >= 0.6 is 0 Å². The molecule has 0 aromatic heterocycles. The zero-order chi connectivity index (χ0) is 15.3. The van der Waals surface area contributed by atoms with Gasteiger partial charge in [0.15, 0.2) is 0 Å². The van der Waals surface area contributed by atoms with Crippen molar-refractivity contribution in [1.29, 1.82) is 5.26 Å². The van der Waals surface area contributed by atoms with E-state index in [1.165, 1.54) is 5.56 Å². The number of hydrogen-bond donors (Lipinski definition) is 1. The van der Waals surface area contributed by atoms with E-state index in [0.29, 0.717) is 6.54 Å². The number of benzene rings is 2. The largest absolute Gasteiger partial charge is 0.369 e. The number of nitriles is 1. The average molecular weight is 279 g/mol. The first kappa shape index (κ1) is 15.1. The summed E-state index contributed by atoms with van der Waals surface area (Å²) in [5.74, 6) is 0. The SMILES string of the molecule is CCN(CC(N)(C#N)c1ccccc1)c1ccc(C)cc1. The summed E-state index contributed by atoms with van der Waals surface area (Å²) in [4.78, 5) is 2.13. The van der Waals surface area contributed by atoms with Crippen LogP contribution in [0.1, 0.15) is 18.1 Å². The molecule has 2 aromatic rings. The second-order valence-electron chi connectivity index (χ2n) is 5.30. The van der Waals surface area contributed by atoms with Crippen LogP contribution in [0.25, 0.3) is 0 Å². The highest BCUT2D eigenvalue weighted by Crippen LogP contribution is 2.23. The molecule has 0 aliphatic carbocycles. The predicted molar refractivity (Wildman–Crippen MR) is 87.0 cm³/mol. The Balaban J connectivity index is 2.28. The van der Waals surface area contributed by atoms with E-state index in [-0.39, 0.29) is 0 Å². The summed E-state index contributed by atoms with van der Waals surface area (Å²) in [5.41, 5.74) is 8.50. The third kappa shape index (κ3) is 3.42. The molecule has 0 saturated heterocycles. The summed E-state index contributed by atoms with van der Waals surface area (Å²) in [5, 5.41) is 9.57. The van der Waals surface area contributed by atoms with Crippen LogP contribution in [0.5, 0.6) is 0 Å². The van der Waals surface area contributed by atoms with Crippen LogP contribution in [-0.2, 0) is 5.54 Å². The van der Waals surface area contributed by atoms with E-state index in [9.17, 15) is 5.26 Å². The number of nitrogens with two attached hydrogens (primary N) is 1. The molecular formula is C18H21N3. The quantitative estimate of drug-likeness (QED) is 0.914. The predicted octanol–water partition coefficient (Wildman–Crippen LogP) is 3.20. The highest BCUT2D eigenvalue weighted by molar-refractivity contribution is 5.49. The molecule has 0 aliphatic heterocycles. The number of likely N-dealkylation sites (N-methyl/N-ethyl adjacent to an activating group) is 1. The third-order valence-corrected chi connectivity index (χ3v) is 3.71. The van der Waals surface area contributed by atoms with Gasteiger partial charge in [0.25, 0.3) is 0 Å². The molecule has 2 rings (SSSR count). The Morgan fingerprint density at radius 2 is 1.71 bits per heavy atom. The van der Waals surface area contributed by atoms with Crippen molar-refractivity contribution in [2.45, 2.75) is 19.4 Å². The number of anilines is 1. The maximum atomic E-state index is 9.57. The molecule has 1 atom stereocenters. The lowest BCUT2D eigenvalue weighted by atomic mass is 9.91. The zero-order valence-corrected chi connectivity index (χ0v) is 12.6. The monoisotopic (exact) mass is 279 g/mol. The Morgan fingerprint density at radius 1 is 1.10 bits per heavy atom. The zero-order valence-electron chi connectivity index (χ0n) is 12.6. The molecule has 0 aliphatic rings. The Bertz CT molecular complexity index is 613. The molecule has 0 spiro atoms. The van der Waals surface area contributed by atoms with Crippen LogP contribution in [-0.4, -0.2) is 13.1 Å². The second-order valence-corrected chi connectivity index (χ2v) is 5.30. The summed E-state index contributed by atoms with van der Waals surface area (Å²) in [6, 6.07) is 20.1. The maximum absolute atomic E-state index is 9.57. The summed E-state index contributed by atoms with van der Waals surface area (Å²) in [6.07, 6.45) is 0. The number of rotatable bonds is 5. The highest BCUT2D eigenvalue weighted by Gasteiger charge is 2.29. The van der Waals surface area contributed by atoms with Crippen molar-refractivity contribution in [3.63, 3.8) is 0 Å². The first-order chi connectivity index (χ1) is 10.1. The topological polar surface area (TPSA) is 53.0 Å². The van der Waals surface area contributed by atoms with Gasteiger partial charge in [0.1, 0.15) is 5.54 Å². The normalized spacial score (nSPS) is 13.2. The van der Waals surface area contributed by atoms with E-state index in [1.807, 2.05) is 30.3 Å². The maximum Gasteiger partial charge on any atom is 0.147 e.